The van der Waals surface area contributed by atoms with Crippen LogP contribution in [0.3, 0.4) is 0 Å². The quantitative estimate of drug-likeness (QED) is 0.863. The van der Waals surface area contributed by atoms with E-state index in [0.29, 0.717) is 6.54 Å². The highest BCUT2D eigenvalue weighted by atomic mass is 16.1. The molecule has 1 heterocycles. The van der Waals surface area contributed by atoms with Gasteiger partial charge in [-0.1, -0.05) is 30.3 Å². The van der Waals surface area contributed by atoms with Crippen LogP contribution in [-0.2, 0) is 13.0 Å². The van der Waals surface area contributed by atoms with Gasteiger partial charge in [-0.2, -0.15) is 5.10 Å². The van der Waals surface area contributed by atoms with Gasteiger partial charge in [-0.05, 0) is 25.3 Å². The van der Waals surface area contributed by atoms with Crippen molar-refractivity contribution >= 4 is 5.69 Å². The molecule has 1 N–H and O–H groups in total. The van der Waals surface area contributed by atoms with E-state index in [4.69, 9.17) is 0 Å². The lowest BCUT2D eigenvalue weighted by Gasteiger charge is -2.06. The number of rotatable bonds is 6. The average Bonchev–Trinajstić information content (AvgIpc) is 2.43. The molecule has 0 saturated heterocycles. The van der Waals surface area contributed by atoms with Crippen LogP contribution in [0, 0.1) is 0 Å². The smallest absolute Gasteiger partial charge is 0.268 e. The summed E-state index contributed by atoms with van der Waals surface area (Å²) in [6, 6.07) is 11.9. The molecule has 2 aromatic rings. The maximum atomic E-state index is 11.8. The van der Waals surface area contributed by atoms with Gasteiger partial charge in [-0.25, -0.2) is 4.68 Å². The Bertz CT molecular complexity index is 563. The van der Waals surface area contributed by atoms with Crippen molar-refractivity contribution in [3.63, 3.8) is 0 Å². The van der Waals surface area contributed by atoms with Crippen molar-refractivity contribution in [3.05, 3.63) is 58.5 Å². The molecule has 0 aliphatic rings. The first-order valence-corrected chi connectivity index (χ1v) is 6.64. The summed E-state index contributed by atoms with van der Waals surface area (Å²) in [5.74, 6) is 0. The number of aryl methyl sites for hydroxylation is 2. The van der Waals surface area contributed by atoms with Crippen LogP contribution in [0.2, 0.25) is 0 Å². The largest absolute Gasteiger partial charge is 0.384 e. The van der Waals surface area contributed by atoms with E-state index >= 15 is 0 Å². The molecule has 0 saturated carbocycles. The predicted octanol–water partition coefficient (Wildman–Crippen LogP) is 2.31. The molecule has 4 nitrogen and oxygen atoms in total. The lowest BCUT2D eigenvalue weighted by atomic mass is 10.1. The molecule has 0 radical (unpaired) electrons. The molecule has 0 aliphatic heterocycles. The molecule has 0 amide bonds. The lowest BCUT2D eigenvalue weighted by Crippen LogP contribution is -2.22. The van der Waals surface area contributed by atoms with Gasteiger partial charge in [0.25, 0.3) is 5.56 Å². The van der Waals surface area contributed by atoms with Crippen LogP contribution in [0.25, 0.3) is 0 Å². The van der Waals surface area contributed by atoms with Crippen LogP contribution in [-0.4, -0.2) is 16.3 Å². The molecule has 4 heteroatoms. The summed E-state index contributed by atoms with van der Waals surface area (Å²) in [5.41, 5.74) is 2.03. The first-order valence-electron chi connectivity index (χ1n) is 6.64. The zero-order valence-electron chi connectivity index (χ0n) is 11.2. The number of hydrogen-bond donors (Lipinski definition) is 1. The monoisotopic (exact) mass is 257 g/mol. The molecule has 0 unspecified atom stereocenters. The van der Waals surface area contributed by atoms with E-state index in [1.165, 1.54) is 10.2 Å². The molecule has 0 fully saturated rings. The molecule has 0 bridgehead atoms. The fraction of sp³-hybridized carbons (Fsp3) is 0.333. The molecular weight excluding hydrogens is 238 g/mol. The Hall–Kier alpha value is -2.10. The molecule has 1 aromatic carbocycles. The van der Waals surface area contributed by atoms with Crippen LogP contribution < -0.4 is 10.9 Å². The zero-order valence-corrected chi connectivity index (χ0v) is 11.2. The van der Waals surface area contributed by atoms with E-state index in [1.54, 1.807) is 12.3 Å². The first kappa shape index (κ1) is 13.3. The third-order valence-electron chi connectivity index (χ3n) is 2.93. The Balaban J connectivity index is 1.91. The minimum absolute atomic E-state index is 0.0495. The molecule has 0 aliphatic carbocycles. The van der Waals surface area contributed by atoms with Crippen molar-refractivity contribution < 1.29 is 0 Å². The Labute approximate surface area is 113 Å². The van der Waals surface area contributed by atoms with E-state index in [-0.39, 0.29) is 5.56 Å². The van der Waals surface area contributed by atoms with Gasteiger partial charge in [0.05, 0.1) is 11.9 Å². The van der Waals surface area contributed by atoms with Crippen molar-refractivity contribution in [2.45, 2.75) is 26.3 Å². The Kier molecular flexibility index (Phi) is 4.72. The van der Waals surface area contributed by atoms with E-state index < -0.39 is 0 Å². The summed E-state index contributed by atoms with van der Waals surface area (Å²) in [6.07, 6.45) is 3.58. The molecule has 1 aromatic heterocycles. The van der Waals surface area contributed by atoms with Crippen LogP contribution in [0.15, 0.2) is 47.4 Å². The molecule has 2 rings (SSSR count). The number of nitrogens with zero attached hydrogens (tertiary/aromatic N) is 2. The van der Waals surface area contributed by atoms with Crippen LogP contribution in [0.5, 0.6) is 0 Å². The van der Waals surface area contributed by atoms with Crippen LogP contribution in [0.1, 0.15) is 18.9 Å². The van der Waals surface area contributed by atoms with E-state index in [1.807, 2.05) is 25.1 Å². The first-order chi connectivity index (χ1) is 9.29. The Morgan fingerprint density at radius 3 is 2.74 bits per heavy atom. The fourth-order valence-corrected chi connectivity index (χ4v) is 1.98. The van der Waals surface area contributed by atoms with Crippen molar-refractivity contribution in [2.24, 2.45) is 0 Å². The van der Waals surface area contributed by atoms with Gasteiger partial charge in [0.2, 0.25) is 0 Å². The van der Waals surface area contributed by atoms with Gasteiger partial charge >= 0.3 is 0 Å². The maximum absolute atomic E-state index is 11.8. The van der Waals surface area contributed by atoms with Crippen LogP contribution in [0.4, 0.5) is 5.69 Å². The summed E-state index contributed by atoms with van der Waals surface area (Å²) in [4.78, 5) is 11.8. The minimum atomic E-state index is -0.0495. The number of aromatic nitrogens is 2. The van der Waals surface area contributed by atoms with Crippen LogP contribution >= 0.6 is 0 Å². The van der Waals surface area contributed by atoms with E-state index in [9.17, 15) is 4.79 Å². The van der Waals surface area contributed by atoms with E-state index in [0.717, 1.165) is 25.1 Å². The topological polar surface area (TPSA) is 46.9 Å². The minimum Gasteiger partial charge on any atom is -0.384 e. The van der Waals surface area contributed by atoms with Gasteiger partial charge in [-0.3, -0.25) is 4.79 Å². The molecule has 0 spiro atoms. The second-order valence-electron chi connectivity index (χ2n) is 4.43. The summed E-state index contributed by atoms with van der Waals surface area (Å²) in [6.45, 7) is 3.44. The Morgan fingerprint density at radius 1 is 1.26 bits per heavy atom. The van der Waals surface area contributed by atoms with Gasteiger partial charge in [-0.15, -0.1) is 0 Å². The molecular formula is C15H19N3O. The number of benzene rings is 1. The van der Waals surface area contributed by atoms with Gasteiger partial charge in [0.15, 0.2) is 0 Å². The SMILES string of the molecule is CCNc1cnn(CCCc2ccccc2)c(=O)c1. The second-order valence-corrected chi connectivity index (χ2v) is 4.43. The van der Waals surface area contributed by atoms with Gasteiger partial charge in [0, 0.05) is 19.2 Å². The third kappa shape index (κ3) is 3.95. The number of hydrogen-bond acceptors (Lipinski definition) is 3. The number of nitrogens with one attached hydrogen (secondary N) is 1. The Morgan fingerprint density at radius 2 is 2.05 bits per heavy atom. The van der Waals surface area contributed by atoms with Crippen molar-refractivity contribution in [2.75, 3.05) is 11.9 Å². The van der Waals surface area contributed by atoms with Gasteiger partial charge < -0.3 is 5.32 Å². The highest BCUT2D eigenvalue weighted by Crippen LogP contribution is 2.03. The maximum Gasteiger partial charge on any atom is 0.268 e. The third-order valence-corrected chi connectivity index (χ3v) is 2.93. The summed E-state index contributed by atoms with van der Waals surface area (Å²) < 4.78 is 1.52. The highest BCUT2D eigenvalue weighted by molar-refractivity contribution is 5.38. The summed E-state index contributed by atoms with van der Waals surface area (Å²) >= 11 is 0. The zero-order chi connectivity index (χ0) is 13.5. The number of anilines is 1. The molecule has 0 atom stereocenters. The van der Waals surface area contributed by atoms with Gasteiger partial charge in [0.1, 0.15) is 0 Å². The summed E-state index contributed by atoms with van der Waals surface area (Å²) in [7, 11) is 0. The van der Waals surface area contributed by atoms with E-state index in [2.05, 4.69) is 22.5 Å². The second kappa shape index (κ2) is 6.73. The predicted molar refractivity (Wildman–Crippen MR) is 77.4 cm³/mol. The molecule has 19 heavy (non-hydrogen) atoms. The van der Waals surface area contributed by atoms with Crippen molar-refractivity contribution in [1.29, 1.82) is 0 Å². The average molecular weight is 257 g/mol. The standard InChI is InChI=1S/C15H19N3O/c1-2-16-14-11-15(19)18(17-12-14)10-6-9-13-7-4-3-5-8-13/h3-5,7-8,11-12,16H,2,6,9-10H2,1H3. The fourth-order valence-electron chi connectivity index (χ4n) is 1.98. The van der Waals surface area contributed by atoms with Crippen molar-refractivity contribution in [3.8, 4) is 0 Å². The van der Waals surface area contributed by atoms with Crippen molar-refractivity contribution in [1.82, 2.24) is 9.78 Å². The summed E-state index contributed by atoms with van der Waals surface area (Å²) in [5, 5.41) is 7.25. The molecule has 100 valence electrons. The normalized spacial score (nSPS) is 10.4. The lowest BCUT2D eigenvalue weighted by molar-refractivity contribution is 0.549. The highest BCUT2D eigenvalue weighted by Gasteiger charge is 2.00.